The number of nitrogens with zero attached hydrogens (tertiary/aromatic N) is 2. The van der Waals surface area contributed by atoms with Crippen LogP contribution in [-0.4, -0.2) is 4.98 Å². The Hall–Kier alpha value is -3.35. The number of pyridine rings is 1. The van der Waals surface area contributed by atoms with E-state index in [2.05, 4.69) is 80.6 Å². The fraction of sp³-hybridized carbons (Fsp3) is 0.250. The summed E-state index contributed by atoms with van der Waals surface area (Å²) in [7, 11) is 0. The lowest BCUT2D eigenvalue weighted by Gasteiger charge is -2.26. The molecule has 0 atom stereocenters. The first-order chi connectivity index (χ1) is 16.9. The Morgan fingerprint density at radius 2 is 1.74 bits per heavy atom. The number of rotatable bonds is 4. The Morgan fingerprint density at radius 1 is 0.943 bits per heavy atom. The molecule has 4 aromatic carbocycles. The second-order valence-corrected chi connectivity index (χ2v) is 11.8. The highest BCUT2D eigenvalue weighted by Gasteiger charge is 2.27. The molecule has 0 saturated carbocycles. The molecule has 0 aliphatic carbocycles. The number of hydrogen-bond donors (Lipinski definition) is 0. The maximum Gasteiger partial charge on any atom is 0.0803 e. The van der Waals surface area contributed by atoms with Gasteiger partial charge in [-0.05, 0) is 88.9 Å². The molecule has 0 amide bonds. The average molecular weight is 473 g/mol. The molecule has 2 nitrogen and oxygen atoms in total. The second-order valence-electron chi connectivity index (χ2n) is 10.8. The maximum absolute atomic E-state index is 9.70. The lowest BCUT2D eigenvalue weighted by molar-refractivity contribution is 0.495. The quantitative estimate of drug-likeness (QED) is 0.240. The third kappa shape index (κ3) is 3.60. The van der Waals surface area contributed by atoms with Crippen molar-refractivity contribution in [3.63, 3.8) is 0 Å². The van der Waals surface area contributed by atoms with Gasteiger partial charge in [-0.25, -0.2) is 0 Å². The van der Waals surface area contributed by atoms with Gasteiger partial charge in [-0.1, -0.05) is 68.1 Å². The zero-order chi connectivity index (χ0) is 24.3. The van der Waals surface area contributed by atoms with Crippen molar-refractivity contribution in [3.05, 3.63) is 78.0 Å². The topological polar surface area (TPSA) is 36.7 Å². The molecule has 1 aliphatic rings. The van der Waals surface area contributed by atoms with E-state index in [-0.39, 0.29) is 0 Å². The molecule has 3 heteroatoms. The smallest absolute Gasteiger partial charge is 0.0803 e. The number of nitriles is 1. The highest BCUT2D eigenvalue weighted by molar-refractivity contribution is 8.00. The van der Waals surface area contributed by atoms with Gasteiger partial charge in [0.2, 0.25) is 0 Å². The zero-order valence-electron chi connectivity index (χ0n) is 20.6. The third-order valence-corrected chi connectivity index (χ3v) is 8.27. The van der Waals surface area contributed by atoms with Crippen LogP contribution >= 0.6 is 11.8 Å². The van der Waals surface area contributed by atoms with Crippen LogP contribution < -0.4 is 0 Å². The lowest BCUT2D eigenvalue weighted by Crippen LogP contribution is -2.12. The molecule has 2 heterocycles. The minimum atomic E-state index is -0.418. The van der Waals surface area contributed by atoms with Gasteiger partial charge in [-0.2, -0.15) is 5.26 Å². The Balaban J connectivity index is 1.69. The average Bonchev–Trinajstić information content (AvgIpc) is 2.84. The molecular formula is C32H28N2S. The van der Waals surface area contributed by atoms with Crippen LogP contribution in [-0.2, 0) is 12.8 Å². The summed E-state index contributed by atoms with van der Waals surface area (Å²) < 4.78 is 0. The molecule has 0 unspecified atom stereocenters. The van der Waals surface area contributed by atoms with E-state index in [0.717, 1.165) is 18.5 Å². The summed E-state index contributed by atoms with van der Waals surface area (Å²) in [5, 5.41) is 17.3. The zero-order valence-corrected chi connectivity index (χ0v) is 21.5. The van der Waals surface area contributed by atoms with Gasteiger partial charge in [-0.3, -0.25) is 4.98 Å². The van der Waals surface area contributed by atoms with Crippen molar-refractivity contribution < 1.29 is 0 Å². The third-order valence-electron chi connectivity index (χ3n) is 7.06. The van der Waals surface area contributed by atoms with Crippen LogP contribution in [0.1, 0.15) is 38.8 Å². The predicted octanol–water partition coefficient (Wildman–Crippen LogP) is 8.96. The summed E-state index contributed by atoms with van der Waals surface area (Å²) in [4.78, 5) is 7.60. The highest BCUT2D eigenvalue weighted by atomic mass is 32.2. The first-order valence-electron chi connectivity index (χ1n) is 12.3. The standard InChI is InChI=1S/C32H28N2S/c1-19(2)14-25-23-11-6-5-8-20(23)15-26-30-29-24(12-13-34-30)28-21(16-27(29)35-31(25)26)9-7-10-22(28)17-32(3,4)18-33/h5-13,15-16,19H,14,17H2,1-4H3. The van der Waals surface area contributed by atoms with Gasteiger partial charge in [0, 0.05) is 26.9 Å². The molecule has 0 bridgehead atoms. The molecule has 6 rings (SSSR count). The van der Waals surface area contributed by atoms with E-state index in [9.17, 15) is 5.26 Å². The number of aromatic nitrogens is 1. The minimum Gasteiger partial charge on any atom is -0.256 e. The molecule has 35 heavy (non-hydrogen) atoms. The van der Waals surface area contributed by atoms with Gasteiger partial charge in [0.25, 0.3) is 0 Å². The van der Waals surface area contributed by atoms with E-state index in [1.807, 2.05) is 31.8 Å². The Kier molecular flexibility index (Phi) is 5.13. The number of benzene rings is 4. The molecule has 0 fully saturated rings. The van der Waals surface area contributed by atoms with Gasteiger partial charge in [0.05, 0.1) is 17.2 Å². The van der Waals surface area contributed by atoms with Crippen LogP contribution in [0.3, 0.4) is 0 Å². The van der Waals surface area contributed by atoms with E-state index >= 15 is 0 Å². The van der Waals surface area contributed by atoms with Crippen molar-refractivity contribution in [2.24, 2.45) is 11.3 Å². The Bertz CT molecular complexity index is 1690. The van der Waals surface area contributed by atoms with Gasteiger partial charge in [0.1, 0.15) is 0 Å². The van der Waals surface area contributed by atoms with Crippen molar-refractivity contribution in [2.45, 2.75) is 50.3 Å². The highest BCUT2D eigenvalue weighted by Crippen LogP contribution is 2.52. The fourth-order valence-corrected chi connectivity index (χ4v) is 6.86. The van der Waals surface area contributed by atoms with E-state index < -0.39 is 5.41 Å². The van der Waals surface area contributed by atoms with Crippen molar-refractivity contribution >= 4 is 44.1 Å². The van der Waals surface area contributed by atoms with E-state index in [1.54, 1.807) is 0 Å². The van der Waals surface area contributed by atoms with Crippen molar-refractivity contribution in [2.75, 3.05) is 0 Å². The second kappa shape index (κ2) is 8.11. The van der Waals surface area contributed by atoms with Gasteiger partial charge < -0.3 is 0 Å². The van der Waals surface area contributed by atoms with Crippen LogP contribution in [0, 0.1) is 22.7 Å². The Labute approximate surface area is 211 Å². The summed E-state index contributed by atoms with van der Waals surface area (Å²) in [5.41, 5.74) is 4.58. The van der Waals surface area contributed by atoms with Gasteiger partial charge >= 0.3 is 0 Å². The van der Waals surface area contributed by atoms with E-state index in [1.165, 1.54) is 58.8 Å². The predicted molar refractivity (Wildman–Crippen MR) is 148 cm³/mol. The largest absolute Gasteiger partial charge is 0.256 e. The summed E-state index contributed by atoms with van der Waals surface area (Å²) in [6.45, 7) is 8.64. The maximum atomic E-state index is 9.70. The molecule has 1 aliphatic heterocycles. The molecule has 172 valence electrons. The van der Waals surface area contributed by atoms with Crippen LogP contribution in [0.2, 0.25) is 0 Å². The summed E-state index contributed by atoms with van der Waals surface area (Å²) in [5.74, 6) is 0.568. The first-order valence-corrected chi connectivity index (χ1v) is 13.2. The van der Waals surface area contributed by atoms with Gasteiger partial charge in [-0.15, -0.1) is 0 Å². The van der Waals surface area contributed by atoms with Gasteiger partial charge in [0.15, 0.2) is 0 Å². The first kappa shape index (κ1) is 22.1. The van der Waals surface area contributed by atoms with Crippen molar-refractivity contribution in [1.82, 2.24) is 4.98 Å². The fourth-order valence-electron chi connectivity index (χ4n) is 5.57. The van der Waals surface area contributed by atoms with Crippen molar-refractivity contribution in [3.8, 4) is 17.3 Å². The SMILES string of the molecule is CC(C)Cc1c2c(cc3ccccc13)-c1nccc3c1c(cc1cccc(CC(C)(C)C#N)c13)S2. The molecule has 0 radical (unpaired) electrons. The normalized spacial score (nSPS) is 12.9. The Morgan fingerprint density at radius 3 is 2.54 bits per heavy atom. The van der Waals surface area contributed by atoms with Crippen LogP contribution in [0.15, 0.2) is 76.7 Å². The summed E-state index contributed by atoms with van der Waals surface area (Å²) >= 11 is 1.90. The monoisotopic (exact) mass is 472 g/mol. The summed E-state index contributed by atoms with van der Waals surface area (Å²) in [6.07, 6.45) is 3.73. The molecule has 5 aromatic rings. The summed E-state index contributed by atoms with van der Waals surface area (Å²) in [6, 6.07) is 24.6. The molecule has 0 N–H and O–H groups in total. The van der Waals surface area contributed by atoms with Crippen LogP contribution in [0.25, 0.3) is 43.6 Å². The van der Waals surface area contributed by atoms with Crippen LogP contribution in [0.4, 0.5) is 0 Å². The lowest BCUT2D eigenvalue weighted by atomic mass is 9.84. The van der Waals surface area contributed by atoms with E-state index in [4.69, 9.17) is 4.98 Å². The molecule has 0 spiro atoms. The van der Waals surface area contributed by atoms with Crippen LogP contribution in [0.5, 0.6) is 0 Å². The molecular weight excluding hydrogens is 444 g/mol. The minimum absolute atomic E-state index is 0.418. The molecule has 0 saturated heterocycles. The van der Waals surface area contributed by atoms with E-state index in [0.29, 0.717) is 5.92 Å². The molecule has 1 aromatic heterocycles. The number of hydrogen-bond acceptors (Lipinski definition) is 3. The van der Waals surface area contributed by atoms with Crippen molar-refractivity contribution in [1.29, 1.82) is 5.26 Å². The number of fused-ring (bicyclic) bond motifs is 5.